The molecule has 2 fully saturated rings. The van der Waals surface area contributed by atoms with Gasteiger partial charge in [0.2, 0.25) is 11.8 Å². The summed E-state index contributed by atoms with van der Waals surface area (Å²) in [6.45, 7) is 3.84. The number of hydrogen-bond acceptors (Lipinski definition) is 4. The fraction of sp³-hybridized carbons (Fsp3) is 0.545. The van der Waals surface area contributed by atoms with Gasteiger partial charge < -0.3 is 15.0 Å². The van der Waals surface area contributed by atoms with Crippen LogP contribution in [0.2, 0.25) is 0 Å². The Morgan fingerprint density at radius 1 is 1.19 bits per heavy atom. The largest absolute Gasteiger partial charge is 0.416 e. The highest BCUT2D eigenvalue weighted by molar-refractivity contribution is 5.80. The fourth-order valence-electron chi connectivity index (χ4n) is 3.76. The number of morpholine rings is 1. The SMILES string of the molecule is O=C(CN1CCCC(C(=O)N2CCOCC2)C1)NCC#Cc1cccc(C(F)(F)F)c1. The Balaban J connectivity index is 1.44. The zero-order chi connectivity index (χ0) is 22.3. The molecule has 1 aromatic carbocycles. The van der Waals surface area contributed by atoms with E-state index in [4.69, 9.17) is 4.74 Å². The molecular formula is C22H26F3N3O3. The van der Waals surface area contributed by atoms with Gasteiger partial charge in [-0.15, -0.1) is 0 Å². The normalized spacial score (nSPS) is 20.0. The maximum atomic E-state index is 12.7. The molecule has 0 spiro atoms. The number of halogens is 3. The number of likely N-dealkylation sites (tertiary alicyclic amines) is 1. The quantitative estimate of drug-likeness (QED) is 0.730. The molecule has 2 amide bonds. The lowest BCUT2D eigenvalue weighted by molar-refractivity contribution is -0.142. The van der Waals surface area contributed by atoms with Crippen LogP contribution in [0.4, 0.5) is 13.2 Å². The van der Waals surface area contributed by atoms with E-state index in [-0.39, 0.29) is 36.4 Å². The summed E-state index contributed by atoms with van der Waals surface area (Å²) in [6, 6.07) is 4.76. The Labute approximate surface area is 179 Å². The van der Waals surface area contributed by atoms with Crippen LogP contribution in [-0.4, -0.2) is 74.1 Å². The number of nitrogens with zero attached hydrogens (tertiary/aromatic N) is 2. The minimum atomic E-state index is -4.42. The van der Waals surface area contributed by atoms with E-state index in [1.165, 1.54) is 12.1 Å². The summed E-state index contributed by atoms with van der Waals surface area (Å²) >= 11 is 0. The molecule has 2 aliphatic heterocycles. The summed E-state index contributed by atoms with van der Waals surface area (Å²) in [5.41, 5.74) is -0.515. The van der Waals surface area contributed by atoms with E-state index in [0.29, 0.717) is 32.8 Å². The average molecular weight is 437 g/mol. The highest BCUT2D eigenvalue weighted by Crippen LogP contribution is 2.29. The van der Waals surface area contributed by atoms with Crippen LogP contribution in [-0.2, 0) is 20.5 Å². The maximum Gasteiger partial charge on any atom is 0.416 e. The lowest BCUT2D eigenvalue weighted by Crippen LogP contribution is -2.49. The molecule has 31 heavy (non-hydrogen) atoms. The van der Waals surface area contributed by atoms with Crippen molar-refractivity contribution in [2.45, 2.75) is 19.0 Å². The number of ether oxygens (including phenoxy) is 1. The molecule has 1 N–H and O–H groups in total. The highest BCUT2D eigenvalue weighted by Gasteiger charge is 2.31. The van der Waals surface area contributed by atoms with Gasteiger partial charge in [-0.3, -0.25) is 14.5 Å². The van der Waals surface area contributed by atoms with Crippen LogP contribution in [0.5, 0.6) is 0 Å². The first-order valence-electron chi connectivity index (χ1n) is 10.3. The molecule has 2 aliphatic rings. The van der Waals surface area contributed by atoms with Gasteiger partial charge in [0.15, 0.2) is 0 Å². The third-order valence-electron chi connectivity index (χ3n) is 5.34. The van der Waals surface area contributed by atoms with Crippen molar-refractivity contribution in [3.05, 3.63) is 35.4 Å². The second-order valence-electron chi connectivity index (χ2n) is 7.67. The molecule has 2 heterocycles. The first-order chi connectivity index (χ1) is 14.8. The number of hydrogen-bond donors (Lipinski definition) is 1. The van der Waals surface area contributed by atoms with Gasteiger partial charge >= 0.3 is 6.18 Å². The van der Waals surface area contributed by atoms with E-state index < -0.39 is 11.7 Å². The smallest absolute Gasteiger partial charge is 0.378 e. The molecule has 168 valence electrons. The summed E-state index contributed by atoms with van der Waals surface area (Å²) in [6.07, 6.45) is -2.75. The molecule has 3 rings (SSSR count). The molecule has 0 bridgehead atoms. The first kappa shape index (κ1) is 23.1. The van der Waals surface area contributed by atoms with Crippen molar-refractivity contribution in [1.29, 1.82) is 0 Å². The molecule has 0 aromatic heterocycles. The van der Waals surface area contributed by atoms with Crippen molar-refractivity contribution in [3.8, 4) is 11.8 Å². The monoisotopic (exact) mass is 437 g/mol. The molecule has 1 unspecified atom stereocenters. The van der Waals surface area contributed by atoms with Crippen LogP contribution in [0.15, 0.2) is 24.3 Å². The molecule has 1 aromatic rings. The Morgan fingerprint density at radius 2 is 1.97 bits per heavy atom. The van der Waals surface area contributed by atoms with Gasteiger partial charge in [-0.05, 0) is 37.6 Å². The Bertz CT molecular complexity index is 842. The predicted octanol–water partition coefficient (Wildman–Crippen LogP) is 1.74. The minimum absolute atomic E-state index is 0.0407. The van der Waals surface area contributed by atoms with Crippen LogP contribution < -0.4 is 5.32 Å². The number of rotatable bonds is 4. The number of carbonyl (C=O) groups is 2. The fourth-order valence-corrected chi connectivity index (χ4v) is 3.76. The summed E-state index contributed by atoms with van der Waals surface area (Å²) in [5, 5.41) is 2.66. The topological polar surface area (TPSA) is 61.9 Å². The van der Waals surface area contributed by atoms with Gasteiger partial charge in [0.05, 0.1) is 37.8 Å². The molecule has 1 atom stereocenters. The first-order valence-corrected chi connectivity index (χ1v) is 10.3. The van der Waals surface area contributed by atoms with Crippen molar-refractivity contribution >= 4 is 11.8 Å². The van der Waals surface area contributed by atoms with Gasteiger partial charge in [0.25, 0.3) is 0 Å². The van der Waals surface area contributed by atoms with Crippen molar-refractivity contribution in [1.82, 2.24) is 15.1 Å². The number of piperidine rings is 1. The summed E-state index contributed by atoms with van der Waals surface area (Å²) in [4.78, 5) is 28.7. The van der Waals surface area contributed by atoms with Gasteiger partial charge in [0, 0.05) is 25.2 Å². The van der Waals surface area contributed by atoms with E-state index in [2.05, 4.69) is 17.2 Å². The number of carbonyl (C=O) groups excluding carboxylic acids is 2. The van der Waals surface area contributed by atoms with Gasteiger partial charge in [-0.1, -0.05) is 17.9 Å². The van der Waals surface area contributed by atoms with E-state index in [1.807, 2.05) is 9.80 Å². The van der Waals surface area contributed by atoms with Crippen molar-refractivity contribution in [2.75, 3.05) is 52.5 Å². The van der Waals surface area contributed by atoms with Crippen molar-refractivity contribution in [2.24, 2.45) is 5.92 Å². The van der Waals surface area contributed by atoms with E-state index >= 15 is 0 Å². The zero-order valence-electron chi connectivity index (χ0n) is 17.2. The Kier molecular flexibility index (Phi) is 7.93. The molecule has 0 saturated carbocycles. The molecular weight excluding hydrogens is 411 g/mol. The molecule has 2 saturated heterocycles. The van der Waals surface area contributed by atoms with Gasteiger partial charge in [0.1, 0.15) is 0 Å². The Morgan fingerprint density at radius 3 is 2.71 bits per heavy atom. The number of benzene rings is 1. The van der Waals surface area contributed by atoms with E-state index in [1.54, 1.807) is 0 Å². The van der Waals surface area contributed by atoms with Crippen LogP contribution in [0.3, 0.4) is 0 Å². The number of alkyl halides is 3. The standard InChI is InChI=1S/C22H26F3N3O3/c23-22(24,25)19-7-1-4-17(14-19)5-2-8-26-20(29)16-27-9-3-6-18(15-27)21(30)28-10-12-31-13-11-28/h1,4,7,14,18H,3,6,8-13,15-16H2,(H,26,29). The summed E-state index contributed by atoms with van der Waals surface area (Å²) in [5.74, 6) is 5.10. The van der Waals surface area contributed by atoms with Crippen molar-refractivity contribution < 1.29 is 27.5 Å². The molecule has 6 nitrogen and oxygen atoms in total. The third kappa shape index (κ3) is 6.97. The van der Waals surface area contributed by atoms with E-state index in [0.717, 1.165) is 31.5 Å². The molecule has 0 aliphatic carbocycles. The zero-order valence-corrected chi connectivity index (χ0v) is 17.2. The molecule has 0 radical (unpaired) electrons. The average Bonchev–Trinajstić information content (AvgIpc) is 2.76. The van der Waals surface area contributed by atoms with Gasteiger partial charge in [-0.25, -0.2) is 0 Å². The number of nitrogens with one attached hydrogen (secondary N) is 1. The van der Waals surface area contributed by atoms with Crippen LogP contribution >= 0.6 is 0 Å². The third-order valence-corrected chi connectivity index (χ3v) is 5.34. The highest BCUT2D eigenvalue weighted by atomic mass is 19.4. The number of amides is 2. The predicted molar refractivity (Wildman–Crippen MR) is 108 cm³/mol. The summed E-state index contributed by atoms with van der Waals surface area (Å²) in [7, 11) is 0. The van der Waals surface area contributed by atoms with E-state index in [9.17, 15) is 22.8 Å². The maximum absolute atomic E-state index is 12.7. The van der Waals surface area contributed by atoms with Crippen molar-refractivity contribution in [3.63, 3.8) is 0 Å². The summed E-state index contributed by atoms with van der Waals surface area (Å²) < 4.78 is 43.5. The minimum Gasteiger partial charge on any atom is -0.378 e. The lowest BCUT2D eigenvalue weighted by atomic mass is 9.96. The lowest BCUT2D eigenvalue weighted by Gasteiger charge is -2.35. The second kappa shape index (κ2) is 10.6. The van der Waals surface area contributed by atoms with Crippen LogP contribution in [0.25, 0.3) is 0 Å². The second-order valence-corrected chi connectivity index (χ2v) is 7.67. The van der Waals surface area contributed by atoms with Crippen LogP contribution in [0, 0.1) is 17.8 Å². The van der Waals surface area contributed by atoms with Crippen LogP contribution in [0.1, 0.15) is 24.0 Å². The van der Waals surface area contributed by atoms with Gasteiger partial charge in [-0.2, -0.15) is 13.2 Å². The Hall–Kier alpha value is -2.57. The molecule has 9 heteroatoms.